The first-order chi connectivity index (χ1) is 13.1. The number of piperazine rings is 1. The van der Waals surface area contributed by atoms with E-state index >= 15 is 0 Å². The van der Waals surface area contributed by atoms with E-state index in [9.17, 15) is 0 Å². The Labute approximate surface area is 185 Å². The molecule has 154 valence electrons. The molecule has 28 heavy (non-hydrogen) atoms. The molecule has 0 saturated carbocycles. The van der Waals surface area contributed by atoms with Gasteiger partial charge in [0.05, 0.1) is 5.69 Å². The summed E-state index contributed by atoms with van der Waals surface area (Å²) < 4.78 is 5.36. The third-order valence-electron chi connectivity index (χ3n) is 5.19. The van der Waals surface area contributed by atoms with E-state index in [0.717, 1.165) is 56.6 Å². The molecule has 2 heterocycles. The molecule has 7 heteroatoms. The first kappa shape index (κ1) is 22.5. The van der Waals surface area contributed by atoms with Crippen LogP contribution in [-0.2, 0) is 13.0 Å². The molecule has 1 N–H and O–H groups in total. The summed E-state index contributed by atoms with van der Waals surface area (Å²) in [6.07, 6.45) is 0.883. The molecule has 1 aromatic heterocycles. The quantitative estimate of drug-likeness (QED) is 0.388. The van der Waals surface area contributed by atoms with Crippen LogP contribution in [0.15, 0.2) is 33.8 Å². The number of aryl methyl sites for hydroxylation is 2. The molecule has 0 radical (unpaired) electrons. The molecule has 0 atom stereocenters. The van der Waals surface area contributed by atoms with E-state index in [1.54, 1.807) is 0 Å². The van der Waals surface area contributed by atoms with Gasteiger partial charge in [-0.15, -0.1) is 24.0 Å². The Morgan fingerprint density at radius 3 is 2.57 bits per heavy atom. The van der Waals surface area contributed by atoms with Gasteiger partial charge in [-0.2, -0.15) is 0 Å². The van der Waals surface area contributed by atoms with Crippen LogP contribution >= 0.6 is 24.0 Å². The molecular formula is C21H32IN5O. The van der Waals surface area contributed by atoms with Crippen molar-refractivity contribution in [3.05, 3.63) is 46.8 Å². The SMILES string of the molecule is CCNC(=NCc1cc(CC)no1)N1CCN(c2cccc(C)c2C)CC1.I. The Kier molecular flexibility index (Phi) is 8.59. The normalized spacial score (nSPS) is 14.8. The summed E-state index contributed by atoms with van der Waals surface area (Å²) in [7, 11) is 0. The summed E-state index contributed by atoms with van der Waals surface area (Å²) in [6.45, 7) is 13.8. The summed E-state index contributed by atoms with van der Waals surface area (Å²) in [4.78, 5) is 9.58. The Bertz CT molecular complexity index is 781. The van der Waals surface area contributed by atoms with Gasteiger partial charge in [-0.1, -0.05) is 24.2 Å². The van der Waals surface area contributed by atoms with E-state index in [2.05, 4.69) is 66.2 Å². The molecule has 1 fully saturated rings. The van der Waals surface area contributed by atoms with Gasteiger partial charge in [0.25, 0.3) is 0 Å². The minimum Gasteiger partial charge on any atom is -0.368 e. The molecular weight excluding hydrogens is 465 g/mol. The standard InChI is InChI=1S/C21H31N5O.HI/c1-5-18-14-19(27-24-18)15-23-21(22-6-2)26-12-10-25(11-13-26)20-9-7-8-16(3)17(20)4;/h7-9,14H,5-6,10-13,15H2,1-4H3,(H,22,23);1H. The number of aromatic nitrogens is 1. The number of hydrogen-bond acceptors (Lipinski definition) is 4. The van der Waals surface area contributed by atoms with E-state index in [-0.39, 0.29) is 24.0 Å². The van der Waals surface area contributed by atoms with Crippen LogP contribution in [0.2, 0.25) is 0 Å². The van der Waals surface area contributed by atoms with Gasteiger partial charge in [0.15, 0.2) is 11.7 Å². The highest BCUT2D eigenvalue weighted by Crippen LogP contribution is 2.23. The maximum atomic E-state index is 5.36. The number of guanidine groups is 1. The third-order valence-corrected chi connectivity index (χ3v) is 5.19. The third kappa shape index (κ3) is 5.40. The number of nitrogens with one attached hydrogen (secondary N) is 1. The van der Waals surface area contributed by atoms with Gasteiger partial charge in [0.2, 0.25) is 0 Å². The largest absolute Gasteiger partial charge is 0.368 e. The molecule has 1 aliphatic heterocycles. The van der Waals surface area contributed by atoms with E-state index in [0.29, 0.717) is 6.54 Å². The zero-order chi connectivity index (χ0) is 19.2. The van der Waals surface area contributed by atoms with Gasteiger partial charge in [-0.05, 0) is 44.4 Å². The van der Waals surface area contributed by atoms with Crippen molar-refractivity contribution in [3.8, 4) is 0 Å². The first-order valence-electron chi connectivity index (χ1n) is 9.91. The van der Waals surface area contributed by atoms with Crippen LogP contribution in [-0.4, -0.2) is 48.7 Å². The van der Waals surface area contributed by atoms with Crippen LogP contribution in [0.4, 0.5) is 5.69 Å². The monoisotopic (exact) mass is 497 g/mol. The number of benzene rings is 1. The van der Waals surface area contributed by atoms with Crippen molar-refractivity contribution >= 4 is 35.6 Å². The van der Waals surface area contributed by atoms with Crippen molar-refractivity contribution in [1.29, 1.82) is 0 Å². The van der Waals surface area contributed by atoms with Crippen LogP contribution in [0.3, 0.4) is 0 Å². The summed E-state index contributed by atoms with van der Waals surface area (Å²) in [5.41, 5.74) is 5.06. The van der Waals surface area contributed by atoms with Crippen LogP contribution < -0.4 is 10.2 Å². The number of rotatable bonds is 5. The number of nitrogens with zero attached hydrogens (tertiary/aromatic N) is 4. The lowest BCUT2D eigenvalue weighted by molar-refractivity contribution is 0.364. The lowest BCUT2D eigenvalue weighted by Crippen LogP contribution is -2.52. The summed E-state index contributed by atoms with van der Waals surface area (Å²) in [6, 6.07) is 8.55. The first-order valence-corrected chi connectivity index (χ1v) is 9.91. The van der Waals surface area contributed by atoms with Crippen LogP contribution in [0.25, 0.3) is 0 Å². The van der Waals surface area contributed by atoms with Crippen LogP contribution in [0, 0.1) is 13.8 Å². The second-order valence-electron chi connectivity index (χ2n) is 7.00. The zero-order valence-corrected chi connectivity index (χ0v) is 19.7. The number of halogens is 1. The van der Waals surface area contributed by atoms with E-state index in [4.69, 9.17) is 9.52 Å². The van der Waals surface area contributed by atoms with Crippen molar-refractivity contribution in [2.75, 3.05) is 37.6 Å². The van der Waals surface area contributed by atoms with Crippen molar-refractivity contribution in [2.45, 2.75) is 40.7 Å². The highest BCUT2D eigenvalue weighted by atomic mass is 127. The molecule has 0 aliphatic carbocycles. The topological polar surface area (TPSA) is 56.9 Å². The number of aliphatic imine (C=N–C) groups is 1. The maximum Gasteiger partial charge on any atom is 0.194 e. The molecule has 1 saturated heterocycles. The second kappa shape index (κ2) is 10.7. The average Bonchev–Trinajstić information content (AvgIpc) is 3.16. The molecule has 1 aliphatic rings. The van der Waals surface area contributed by atoms with Crippen molar-refractivity contribution in [3.63, 3.8) is 0 Å². The minimum absolute atomic E-state index is 0. The van der Waals surface area contributed by atoms with Gasteiger partial charge < -0.3 is 19.6 Å². The van der Waals surface area contributed by atoms with E-state index in [1.165, 1.54) is 16.8 Å². The highest BCUT2D eigenvalue weighted by Gasteiger charge is 2.21. The maximum absolute atomic E-state index is 5.36. The summed E-state index contributed by atoms with van der Waals surface area (Å²) in [5, 5.41) is 7.46. The Morgan fingerprint density at radius 2 is 1.93 bits per heavy atom. The average molecular weight is 497 g/mol. The summed E-state index contributed by atoms with van der Waals surface area (Å²) in [5.74, 6) is 1.77. The van der Waals surface area contributed by atoms with E-state index in [1.807, 2.05) is 6.07 Å². The highest BCUT2D eigenvalue weighted by molar-refractivity contribution is 14.0. The summed E-state index contributed by atoms with van der Waals surface area (Å²) >= 11 is 0. The molecule has 2 aromatic rings. The molecule has 3 rings (SSSR count). The lowest BCUT2D eigenvalue weighted by atomic mass is 10.1. The smallest absolute Gasteiger partial charge is 0.194 e. The van der Waals surface area contributed by atoms with E-state index < -0.39 is 0 Å². The van der Waals surface area contributed by atoms with Gasteiger partial charge >= 0.3 is 0 Å². The zero-order valence-electron chi connectivity index (χ0n) is 17.4. The number of hydrogen-bond donors (Lipinski definition) is 1. The second-order valence-corrected chi connectivity index (χ2v) is 7.00. The fourth-order valence-corrected chi connectivity index (χ4v) is 3.41. The van der Waals surface area contributed by atoms with Gasteiger partial charge in [-0.3, -0.25) is 0 Å². The van der Waals surface area contributed by atoms with Gasteiger partial charge in [0, 0.05) is 44.5 Å². The molecule has 0 spiro atoms. The molecule has 0 bridgehead atoms. The molecule has 0 unspecified atom stereocenters. The predicted octanol–water partition coefficient (Wildman–Crippen LogP) is 3.76. The fraction of sp³-hybridized carbons (Fsp3) is 0.524. The Hall–Kier alpha value is -1.77. The number of anilines is 1. The van der Waals surface area contributed by atoms with Gasteiger partial charge in [0.1, 0.15) is 6.54 Å². The van der Waals surface area contributed by atoms with Gasteiger partial charge in [-0.25, -0.2) is 4.99 Å². The van der Waals surface area contributed by atoms with Crippen molar-refractivity contribution in [2.24, 2.45) is 4.99 Å². The molecule has 0 amide bonds. The predicted molar refractivity (Wildman–Crippen MR) is 126 cm³/mol. The molecule has 1 aromatic carbocycles. The van der Waals surface area contributed by atoms with Crippen LogP contribution in [0.1, 0.15) is 36.4 Å². The van der Waals surface area contributed by atoms with Crippen LogP contribution in [0.5, 0.6) is 0 Å². The Balaban J connectivity index is 0.00000280. The lowest BCUT2D eigenvalue weighted by Gasteiger charge is -2.38. The Morgan fingerprint density at radius 1 is 1.18 bits per heavy atom. The fourth-order valence-electron chi connectivity index (χ4n) is 3.41. The van der Waals surface area contributed by atoms with Crippen molar-refractivity contribution < 1.29 is 4.52 Å². The minimum atomic E-state index is 0. The molecule has 6 nitrogen and oxygen atoms in total. The van der Waals surface area contributed by atoms with Crippen molar-refractivity contribution in [1.82, 2.24) is 15.4 Å².